The second-order valence-electron chi connectivity index (χ2n) is 3.94. The van der Waals surface area contributed by atoms with Crippen molar-refractivity contribution in [3.8, 4) is 0 Å². The maximum atomic E-state index is 11.9. The summed E-state index contributed by atoms with van der Waals surface area (Å²) in [5.41, 5.74) is 0.391. The molecule has 3 rings (SSSR count). The summed E-state index contributed by atoms with van der Waals surface area (Å²) in [6, 6.07) is 8.38. The summed E-state index contributed by atoms with van der Waals surface area (Å²) in [4.78, 5) is 18.2. The van der Waals surface area contributed by atoms with Crippen LogP contribution in [0.3, 0.4) is 0 Å². The van der Waals surface area contributed by atoms with Crippen molar-refractivity contribution in [2.45, 2.75) is 5.03 Å². The van der Waals surface area contributed by atoms with Crippen LogP contribution in [0.25, 0.3) is 0 Å². The minimum absolute atomic E-state index is 0.100. The van der Waals surface area contributed by atoms with Crippen LogP contribution in [0.1, 0.15) is 10.4 Å². The van der Waals surface area contributed by atoms with Crippen molar-refractivity contribution in [3.63, 3.8) is 0 Å². The number of H-pyrrole nitrogens is 1. The smallest absolute Gasteiger partial charge is 0.304 e. The number of nitrogens with one attached hydrogen (secondary N) is 3. The molecule has 0 saturated carbocycles. The molecule has 0 unspecified atom stereocenters. The van der Waals surface area contributed by atoms with Crippen molar-refractivity contribution in [3.05, 3.63) is 42.2 Å². The lowest BCUT2D eigenvalue weighted by Crippen LogP contribution is -2.38. The number of nitrogens with zero attached hydrogens (tertiary/aromatic N) is 2. The van der Waals surface area contributed by atoms with Crippen LogP contribution < -0.4 is 10.6 Å². The second kappa shape index (κ2) is 4.46. The molecule has 20 heavy (non-hydrogen) atoms. The summed E-state index contributed by atoms with van der Waals surface area (Å²) in [5.74, 6) is -0.548. The first-order valence-corrected chi connectivity index (χ1v) is 7.02. The number of imidazole rings is 1. The van der Waals surface area contributed by atoms with Gasteiger partial charge in [0.25, 0.3) is 5.91 Å². The molecule has 0 aliphatic carbocycles. The molecule has 0 spiro atoms. The van der Waals surface area contributed by atoms with Crippen LogP contribution in [-0.4, -0.2) is 30.3 Å². The molecule has 102 valence electrons. The number of hydrogen-bond donors (Lipinski definition) is 3. The minimum atomic E-state index is -3.88. The molecule has 9 heteroatoms. The van der Waals surface area contributed by atoms with E-state index in [4.69, 9.17) is 0 Å². The van der Waals surface area contributed by atoms with Crippen molar-refractivity contribution in [2.75, 3.05) is 5.32 Å². The Morgan fingerprint density at radius 2 is 1.95 bits per heavy atom. The van der Waals surface area contributed by atoms with Gasteiger partial charge in [0.05, 0.1) is 6.33 Å². The average molecular weight is 291 g/mol. The van der Waals surface area contributed by atoms with E-state index < -0.39 is 15.9 Å². The molecule has 0 radical (unpaired) electrons. The van der Waals surface area contributed by atoms with Gasteiger partial charge in [0.15, 0.2) is 10.8 Å². The Bertz CT molecular complexity index is 794. The summed E-state index contributed by atoms with van der Waals surface area (Å²) in [6.45, 7) is 0. The summed E-state index contributed by atoms with van der Waals surface area (Å²) in [6.07, 6.45) is 1.23. The fourth-order valence-corrected chi connectivity index (χ4v) is 2.66. The third-order valence-corrected chi connectivity index (χ3v) is 3.83. The third kappa shape index (κ3) is 2.14. The molecule has 2 heterocycles. The number of anilines is 1. The average Bonchev–Trinajstić information content (AvgIpc) is 2.88. The Kier molecular flexibility index (Phi) is 2.75. The number of amides is 1. The van der Waals surface area contributed by atoms with Gasteiger partial charge in [-0.1, -0.05) is 18.2 Å². The van der Waals surface area contributed by atoms with Gasteiger partial charge in [-0.3, -0.25) is 10.1 Å². The second-order valence-corrected chi connectivity index (χ2v) is 5.48. The predicted molar refractivity (Wildman–Crippen MR) is 70.7 cm³/mol. The maximum Gasteiger partial charge on any atom is 0.304 e. The van der Waals surface area contributed by atoms with E-state index in [0.29, 0.717) is 5.56 Å². The zero-order chi connectivity index (χ0) is 14.2. The number of sulfonamides is 1. The third-order valence-electron chi connectivity index (χ3n) is 2.58. The lowest BCUT2D eigenvalue weighted by Gasteiger charge is -2.14. The molecule has 1 aliphatic rings. The molecule has 0 fully saturated rings. The Morgan fingerprint density at radius 1 is 1.20 bits per heavy atom. The first-order valence-electron chi connectivity index (χ1n) is 5.58. The number of hydrogen-bond acceptors (Lipinski definition) is 5. The highest BCUT2D eigenvalue weighted by Gasteiger charge is 2.28. The Hall–Kier alpha value is -2.68. The molecule has 3 N–H and O–H groups in total. The summed E-state index contributed by atoms with van der Waals surface area (Å²) < 4.78 is 27.1. The van der Waals surface area contributed by atoms with Crippen molar-refractivity contribution >= 4 is 27.7 Å². The lowest BCUT2D eigenvalue weighted by atomic mass is 10.2. The number of aromatic nitrogens is 2. The van der Waals surface area contributed by atoms with E-state index in [1.165, 1.54) is 6.33 Å². The van der Waals surface area contributed by atoms with E-state index in [1.807, 2.05) is 0 Å². The van der Waals surface area contributed by atoms with Crippen molar-refractivity contribution < 1.29 is 13.2 Å². The molecule has 0 saturated heterocycles. The van der Waals surface area contributed by atoms with Gasteiger partial charge in [-0.2, -0.15) is 8.42 Å². The monoisotopic (exact) mass is 291 g/mol. The molecule has 1 amide bonds. The Balaban J connectivity index is 1.87. The molecule has 1 aromatic carbocycles. The molecule has 0 atom stereocenters. The van der Waals surface area contributed by atoms with Crippen LogP contribution in [0, 0.1) is 0 Å². The van der Waals surface area contributed by atoms with Gasteiger partial charge in [-0.25, -0.2) is 4.98 Å². The summed E-state index contributed by atoms with van der Waals surface area (Å²) in [5, 5.41) is 4.89. The highest BCUT2D eigenvalue weighted by molar-refractivity contribution is 7.90. The number of benzene rings is 1. The minimum Gasteiger partial charge on any atom is -0.332 e. The van der Waals surface area contributed by atoms with E-state index in [2.05, 4.69) is 25.0 Å². The fourth-order valence-electron chi connectivity index (χ4n) is 1.69. The normalized spacial score (nSPS) is 15.7. The first kappa shape index (κ1) is 12.4. The number of carbonyl (C=O) groups excluding carboxylic acids is 1. The van der Waals surface area contributed by atoms with Gasteiger partial charge in [0, 0.05) is 5.56 Å². The van der Waals surface area contributed by atoms with Crippen molar-refractivity contribution in [1.82, 2.24) is 15.3 Å². The first-order chi connectivity index (χ1) is 9.56. The Morgan fingerprint density at radius 3 is 2.70 bits per heavy atom. The van der Waals surface area contributed by atoms with E-state index in [0.717, 1.165) is 0 Å². The predicted octanol–water partition coefficient (Wildman–Crippen LogP) is 0.310. The maximum absolute atomic E-state index is 11.9. The van der Waals surface area contributed by atoms with Gasteiger partial charge < -0.3 is 10.3 Å². The molecule has 1 aromatic heterocycles. The molecule has 8 nitrogen and oxygen atoms in total. The van der Waals surface area contributed by atoms with Crippen LogP contribution in [0.4, 0.5) is 5.82 Å². The Labute approximate surface area is 114 Å². The summed E-state index contributed by atoms with van der Waals surface area (Å²) >= 11 is 0. The zero-order valence-corrected chi connectivity index (χ0v) is 10.8. The quantitative estimate of drug-likeness (QED) is 0.699. The molecular weight excluding hydrogens is 282 g/mol. The van der Waals surface area contributed by atoms with Gasteiger partial charge in [-0.05, 0) is 12.1 Å². The molecule has 0 bridgehead atoms. The lowest BCUT2D eigenvalue weighted by molar-refractivity contribution is 0.0977. The standard InChI is InChI=1S/C11H9N5O3S/c17-9(7-4-2-1-3-5-7)15-11-14-8-10(13-6-12-8)20(18,19)16-11/h1-6H,(H,12,13)(H2,14,15,16,17). The van der Waals surface area contributed by atoms with E-state index in [1.54, 1.807) is 30.3 Å². The van der Waals surface area contributed by atoms with Gasteiger partial charge in [0.2, 0.25) is 5.96 Å². The van der Waals surface area contributed by atoms with Gasteiger partial charge >= 0.3 is 10.0 Å². The van der Waals surface area contributed by atoms with Gasteiger partial charge in [0.1, 0.15) is 0 Å². The van der Waals surface area contributed by atoms with Crippen LogP contribution in [0.2, 0.25) is 0 Å². The fraction of sp³-hybridized carbons (Fsp3) is 0. The molecule has 1 aliphatic heterocycles. The molecule has 2 aromatic rings. The largest absolute Gasteiger partial charge is 0.332 e. The number of carbonyl (C=O) groups is 1. The van der Waals surface area contributed by atoms with Crippen molar-refractivity contribution in [2.24, 2.45) is 4.40 Å². The number of aromatic amines is 1. The molecular formula is C11H9N5O3S. The van der Waals surface area contributed by atoms with Crippen molar-refractivity contribution in [1.29, 1.82) is 0 Å². The van der Waals surface area contributed by atoms with Crippen LogP contribution >= 0.6 is 0 Å². The van der Waals surface area contributed by atoms with E-state index in [9.17, 15) is 13.2 Å². The SMILES string of the molecule is O=C(NC1=NS(=O)(=O)c2[nH]cnc2N1)c1ccccc1. The highest BCUT2D eigenvalue weighted by atomic mass is 32.2. The van der Waals surface area contributed by atoms with E-state index >= 15 is 0 Å². The van der Waals surface area contributed by atoms with Crippen LogP contribution in [0.5, 0.6) is 0 Å². The number of fused-ring (bicyclic) bond motifs is 1. The highest BCUT2D eigenvalue weighted by Crippen LogP contribution is 2.22. The number of rotatable bonds is 1. The number of guanidine groups is 1. The van der Waals surface area contributed by atoms with E-state index in [-0.39, 0.29) is 16.8 Å². The van der Waals surface area contributed by atoms with Crippen LogP contribution in [-0.2, 0) is 10.0 Å². The topological polar surface area (TPSA) is 116 Å². The zero-order valence-electron chi connectivity index (χ0n) is 9.99. The van der Waals surface area contributed by atoms with Gasteiger partial charge in [-0.15, -0.1) is 4.40 Å². The summed E-state index contributed by atoms with van der Waals surface area (Å²) in [7, 11) is -3.88. The van der Waals surface area contributed by atoms with Crippen LogP contribution in [0.15, 0.2) is 46.1 Å².